The third-order valence-corrected chi connectivity index (χ3v) is 7.47. The van der Waals surface area contributed by atoms with Crippen molar-refractivity contribution >= 4 is 38.9 Å². The number of hydrogen-bond acceptors (Lipinski definition) is 4. The van der Waals surface area contributed by atoms with Crippen molar-refractivity contribution in [3.05, 3.63) is 87.9 Å². The number of nitrogens with one attached hydrogen (secondary N) is 2. The van der Waals surface area contributed by atoms with Gasteiger partial charge in [-0.1, -0.05) is 41.4 Å². The predicted octanol–water partition coefficient (Wildman–Crippen LogP) is 5.53. The third kappa shape index (κ3) is 6.10. The number of sulfonamides is 1. The molecule has 0 heterocycles. The molecule has 0 saturated heterocycles. The van der Waals surface area contributed by atoms with E-state index in [1.54, 1.807) is 6.07 Å². The minimum absolute atomic E-state index is 0.0424. The fourth-order valence-corrected chi connectivity index (χ4v) is 5.33. The summed E-state index contributed by atoms with van der Waals surface area (Å²) in [5.74, 6) is -0.382. The highest BCUT2D eigenvalue weighted by molar-refractivity contribution is 7.92. The van der Waals surface area contributed by atoms with Crippen LogP contribution in [0.15, 0.2) is 65.6 Å². The summed E-state index contributed by atoms with van der Waals surface area (Å²) in [6.07, 6.45) is 0. The van der Waals surface area contributed by atoms with Crippen molar-refractivity contribution in [2.75, 3.05) is 22.7 Å². The number of benzene rings is 3. The van der Waals surface area contributed by atoms with E-state index in [2.05, 4.69) is 28.8 Å². The van der Waals surface area contributed by atoms with E-state index in [0.717, 1.165) is 35.5 Å². The van der Waals surface area contributed by atoms with Gasteiger partial charge in [0.2, 0.25) is 0 Å². The molecule has 1 amide bonds. The van der Waals surface area contributed by atoms with Crippen LogP contribution in [0.1, 0.15) is 40.9 Å². The maximum atomic E-state index is 13.0. The lowest BCUT2D eigenvalue weighted by molar-refractivity contribution is 0.0950. The molecular weight excluding hydrogens is 470 g/mol. The SMILES string of the molecule is CCN(CC)c1ccc(CNC(=O)c2ccc(Cl)c(S(=O)(=O)Nc3ccc(C)cc3C)c2)cc1. The Hall–Kier alpha value is -3.03. The van der Waals surface area contributed by atoms with E-state index in [1.165, 1.54) is 18.2 Å². The van der Waals surface area contributed by atoms with Gasteiger partial charge in [0.15, 0.2) is 0 Å². The first kappa shape index (κ1) is 25.6. The normalized spacial score (nSPS) is 11.2. The van der Waals surface area contributed by atoms with Gasteiger partial charge in [-0.3, -0.25) is 9.52 Å². The average Bonchev–Trinajstić information content (AvgIpc) is 2.81. The monoisotopic (exact) mass is 499 g/mol. The Morgan fingerprint density at radius 2 is 1.62 bits per heavy atom. The second kappa shape index (κ2) is 10.9. The van der Waals surface area contributed by atoms with Gasteiger partial charge in [0, 0.05) is 30.9 Å². The Kier molecular flexibility index (Phi) is 8.23. The van der Waals surface area contributed by atoms with E-state index in [-0.39, 0.29) is 21.4 Å². The summed E-state index contributed by atoms with van der Waals surface area (Å²) in [5, 5.41) is 2.89. The number of carbonyl (C=O) groups is 1. The van der Waals surface area contributed by atoms with Gasteiger partial charge in [0.1, 0.15) is 4.90 Å². The average molecular weight is 500 g/mol. The zero-order valence-electron chi connectivity index (χ0n) is 19.9. The van der Waals surface area contributed by atoms with Crippen LogP contribution in [0.25, 0.3) is 0 Å². The molecular formula is C26H30ClN3O3S. The number of aryl methyl sites for hydroxylation is 2. The molecule has 0 fully saturated rings. The first-order valence-corrected chi connectivity index (χ1v) is 13.0. The fourth-order valence-electron chi connectivity index (χ4n) is 3.68. The number of carbonyl (C=O) groups excluding carboxylic acids is 1. The van der Waals surface area contributed by atoms with Crippen molar-refractivity contribution in [1.82, 2.24) is 5.32 Å². The van der Waals surface area contributed by atoms with Gasteiger partial charge >= 0.3 is 0 Å². The van der Waals surface area contributed by atoms with Gasteiger partial charge in [-0.25, -0.2) is 8.42 Å². The summed E-state index contributed by atoms with van der Waals surface area (Å²) >= 11 is 6.20. The van der Waals surface area contributed by atoms with Gasteiger partial charge in [-0.2, -0.15) is 0 Å². The van der Waals surface area contributed by atoms with E-state index >= 15 is 0 Å². The van der Waals surface area contributed by atoms with Crippen LogP contribution in [0, 0.1) is 13.8 Å². The van der Waals surface area contributed by atoms with Crippen molar-refractivity contribution in [3.63, 3.8) is 0 Å². The molecule has 34 heavy (non-hydrogen) atoms. The lowest BCUT2D eigenvalue weighted by Crippen LogP contribution is -2.24. The Morgan fingerprint density at radius 1 is 0.941 bits per heavy atom. The van der Waals surface area contributed by atoms with Crippen molar-refractivity contribution < 1.29 is 13.2 Å². The molecule has 3 aromatic carbocycles. The smallest absolute Gasteiger partial charge is 0.263 e. The molecule has 0 aromatic heterocycles. The van der Waals surface area contributed by atoms with Crippen LogP contribution in [0.3, 0.4) is 0 Å². The molecule has 6 nitrogen and oxygen atoms in total. The number of nitrogens with zero attached hydrogens (tertiary/aromatic N) is 1. The third-order valence-electron chi connectivity index (χ3n) is 5.63. The standard InChI is InChI=1S/C26H30ClN3O3S/c1-5-30(6-2)22-11-8-20(9-12-22)17-28-26(31)21-10-13-23(27)25(16-21)34(32,33)29-24-14-7-18(3)15-19(24)4/h7-16,29H,5-6,17H2,1-4H3,(H,28,31). The molecule has 0 aliphatic rings. The molecule has 0 unspecified atom stereocenters. The summed E-state index contributed by atoms with van der Waals surface area (Å²) in [4.78, 5) is 14.8. The van der Waals surface area contributed by atoms with Crippen LogP contribution in [0.2, 0.25) is 5.02 Å². The van der Waals surface area contributed by atoms with Crippen LogP contribution in [0.5, 0.6) is 0 Å². The zero-order valence-corrected chi connectivity index (χ0v) is 21.4. The number of amides is 1. The van der Waals surface area contributed by atoms with Crippen LogP contribution < -0.4 is 14.9 Å². The molecule has 0 aliphatic carbocycles. The molecule has 0 aliphatic heterocycles. The molecule has 180 valence electrons. The van der Waals surface area contributed by atoms with E-state index in [1.807, 2.05) is 50.2 Å². The van der Waals surface area contributed by atoms with E-state index < -0.39 is 10.0 Å². The molecule has 3 aromatic rings. The number of halogens is 1. The van der Waals surface area contributed by atoms with Gasteiger partial charge in [0.25, 0.3) is 15.9 Å². The maximum Gasteiger partial charge on any atom is 0.263 e. The van der Waals surface area contributed by atoms with Crippen LogP contribution in [-0.4, -0.2) is 27.4 Å². The van der Waals surface area contributed by atoms with Crippen molar-refractivity contribution in [2.24, 2.45) is 0 Å². The lowest BCUT2D eigenvalue weighted by atomic mass is 10.1. The fraction of sp³-hybridized carbons (Fsp3) is 0.269. The lowest BCUT2D eigenvalue weighted by Gasteiger charge is -2.21. The van der Waals surface area contributed by atoms with Crippen LogP contribution in [0.4, 0.5) is 11.4 Å². The van der Waals surface area contributed by atoms with E-state index in [4.69, 9.17) is 11.6 Å². The minimum atomic E-state index is -3.99. The maximum absolute atomic E-state index is 13.0. The Bertz CT molecular complexity index is 1270. The van der Waals surface area contributed by atoms with Gasteiger partial charge in [0.05, 0.1) is 10.7 Å². The largest absolute Gasteiger partial charge is 0.372 e. The molecule has 2 N–H and O–H groups in total. The van der Waals surface area contributed by atoms with Gasteiger partial charge < -0.3 is 10.2 Å². The first-order valence-electron chi connectivity index (χ1n) is 11.2. The van der Waals surface area contributed by atoms with E-state index in [0.29, 0.717) is 12.2 Å². The highest BCUT2D eigenvalue weighted by Gasteiger charge is 2.21. The molecule has 0 bridgehead atoms. The minimum Gasteiger partial charge on any atom is -0.372 e. The molecule has 3 rings (SSSR count). The molecule has 0 radical (unpaired) electrons. The Morgan fingerprint density at radius 3 is 2.24 bits per heavy atom. The Balaban J connectivity index is 1.74. The zero-order chi connectivity index (χ0) is 24.9. The van der Waals surface area contributed by atoms with Crippen molar-refractivity contribution in [3.8, 4) is 0 Å². The highest BCUT2D eigenvalue weighted by Crippen LogP contribution is 2.27. The van der Waals surface area contributed by atoms with Crippen LogP contribution in [-0.2, 0) is 16.6 Å². The van der Waals surface area contributed by atoms with Gasteiger partial charge in [-0.15, -0.1) is 0 Å². The second-order valence-corrected chi connectivity index (χ2v) is 10.1. The predicted molar refractivity (Wildman–Crippen MR) is 139 cm³/mol. The van der Waals surface area contributed by atoms with E-state index in [9.17, 15) is 13.2 Å². The summed E-state index contributed by atoms with van der Waals surface area (Å²) in [7, 11) is -3.99. The quantitative estimate of drug-likeness (QED) is 0.405. The Labute approximate surface area is 207 Å². The summed E-state index contributed by atoms with van der Waals surface area (Å²) in [6, 6.07) is 17.6. The summed E-state index contributed by atoms with van der Waals surface area (Å²) in [5.41, 5.74) is 4.57. The summed E-state index contributed by atoms with van der Waals surface area (Å²) in [6.45, 7) is 10.1. The second-order valence-electron chi connectivity index (χ2n) is 8.09. The molecule has 0 spiro atoms. The van der Waals surface area contributed by atoms with Crippen LogP contribution >= 0.6 is 11.6 Å². The highest BCUT2D eigenvalue weighted by atomic mass is 35.5. The molecule has 0 saturated carbocycles. The molecule has 8 heteroatoms. The number of rotatable bonds is 9. The molecule has 0 atom stereocenters. The topological polar surface area (TPSA) is 78.5 Å². The van der Waals surface area contributed by atoms with Crippen molar-refractivity contribution in [2.45, 2.75) is 39.1 Å². The van der Waals surface area contributed by atoms with Crippen molar-refractivity contribution in [1.29, 1.82) is 0 Å². The number of hydrogen-bond donors (Lipinski definition) is 2. The summed E-state index contributed by atoms with van der Waals surface area (Å²) < 4.78 is 28.6. The number of anilines is 2. The first-order chi connectivity index (χ1) is 16.1. The van der Waals surface area contributed by atoms with Gasteiger partial charge in [-0.05, 0) is 75.2 Å².